The number of thioether (sulfide) groups is 1. The van der Waals surface area contributed by atoms with Gasteiger partial charge in [-0.1, -0.05) is 6.42 Å². The number of rotatable bonds is 8. The third-order valence-electron chi connectivity index (χ3n) is 8.15. The predicted octanol–water partition coefficient (Wildman–Crippen LogP) is 3.24. The van der Waals surface area contributed by atoms with Crippen molar-refractivity contribution in [2.24, 2.45) is 17.2 Å². The van der Waals surface area contributed by atoms with Crippen molar-refractivity contribution in [2.45, 2.75) is 37.1 Å². The second kappa shape index (κ2) is 10.4. The molecule has 0 spiro atoms. The summed E-state index contributed by atoms with van der Waals surface area (Å²) in [5.41, 5.74) is 2.79. The molecule has 200 valence electrons. The van der Waals surface area contributed by atoms with Gasteiger partial charge < -0.3 is 15.0 Å². The highest BCUT2D eigenvalue weighted by atomic mass is 32.2. The van der Waals surface area contributed by atoms with Gasteiger partial charge in [0, 0.05) is 43.2 Å². The molecule has 0 aromatic carbocycles. The van der Waals surface area contributed by atoms with E-state index in [1.807, 2.05) is 23.2 Å². The van der Waals surface area contributed by atoms with Gasteiger partial charge in [-0.3, -0.25) is 15.6 Å². The number of pyridine rings is 3. The van der Waals surface area contributed by atoms with Crippen molar-refractivity contribution in [2.75, 3.05) is 44.4 Å². The molecule has 2 aliphatic heterocycles. The number of carbonyl (C=O) groups excluding carboxylic acids is 1. The normalized spacial score (nSPS) is 23.1. The Morgan fingerprint density at radius 2 is 2.21 bits per heavy atom. The van der Waals surface area contributed by atoms with Gasteiger partial charge in [-0.2, -0.15) is 0 Å². The fourth-order valence-corrected chi connectivity index (χ4v) is 7.17. The van der Waals surface area contributed by atoms with Gasteiger partial charge in [0.15, 0.2) is 0 Å². The highest BCUT2D eigenvalue weighted by Crippen LogP contribution is 2.49. The van der Waals surface area contributed by atoms with Crippen molar-refractivity contribution in [3.05, 3.63) is 47.5 Å². The number of anilines is 1. The number of hydrogen-bond acceptors (Lipinski definition) is 9. The van der Waals surface area contributed by atoms with Crippen LogP contribution >= 0.6 is 11.8 Å². The predicted molar refractivity (Wildman–Crippen MR) is 144 cm³/mol. The molecule has 3 N–H and O–H groups in total. The summed E-state index contributed by atoms with van der Waals surface area (Å²) in [7, 11) is 1.56. The van der Waals surface area contributed by atoms with Crippen molar-refractivity contribution in [3.63, 3.8) is 0 Å². The van der Waals surface area contributed by atoms with E-state index in [1.54, 1.807) is 13.2 Å². The summed E-state index contributed by atoms with van der Waals surface area (Å²) in [6.07, 6.45) is 5.38. The number of aromatic nitrogens is 3. The van der Waals surface area contributed by atoms with Crippen LogP contribution in [0.25, 0.3) is 11.0 Å². The maximum atomic E-state index is 14.8. The van der Waals surface area contributed by atoms with Crippen molar-refractivity contribution < 1.29 is 13.9 Å². The molecule has 11 heteroatoms. The molecule has 9 nitrogen and oxygen atoms in total. The van der Waals surface area contributed by atoms with Crippen LogP contribution in [0, 0.1) is 17.2 Å². The summed E-state index contributed by atoms with van der Waals surface area (Å²) >= 11 is 1.51. The molecule has 3 aromatic heterocycles. The van der Waals surface area contributed by atoms with E-state index >= 15 is 0 Å². The van der Waals surface area contributed by atoms with Crippen LogP contribution in [0.5, 0.6) is 5.88 Å². The molecule has 1 aliphatic carbocycles. The molecular formula is C27H32FN7O2S. The minimum Gasteiger partial charge on any atom is -0.481 e. The number of hydrogen-bond donors (Lipinski definition) is 2. The third-order valence-corrected chi connectivity index (χ3v) is 9.20. The van der Waals surface area contributed by atoms with Crippen LogP contribution in [-0.2, 0) is 17.8 Å². The average Bonchev–Trinajstić information content (AvgIpc) is 3.43. The minimum atomic E-state index is -0.326. The number of methoxy groups -OCH3 is 1. The summed E-state index contributed by atoms with van der Waals surface area (Å²) in [6.45, 7) is 3.98. The SMILES string of the molecule is COc1ccc2ncc(F)c(CCN3CC4CCCC4(CN(N)Cc4ccc5c(n4)NC(=O)CS5)C3)c2n1. The second-order valence-electron chi connectivity index (χ2n) is 10.6. The number of nitrogens with one attached hydrogen (secondary N) is 1. The second-order valence-corrected chi connectivity index (χ2v) is 11.7. The Bertz CT molecular complexity index is 1370. The van der Waals surface area contributed by atoms with Crippen molar-refractivity contribution in [1.82, 2.24) is 24.9 Å². The number of halogens is 1. The van der Waals surface area contributed by atoms with Crippen molar-refractivity contribution in [3.8, 4) is 5.88 Å². The van der Waals surface area contributed by atoms with E-state index in [0.29, 0.717) is 52.9 Å². The fourth-order valence-electron chi connectivity index (χ4n) is 6.41. The Balaban J connectivity index is 1.12. The minimum absolute atomic E-state index is 0.0231. The number of ether oxygens (including phenoxy) is 1. The summed E-state index contributed by atoms with van der Waals surface area (Å²) in [5.74, 6) is 8.29. The Hall–Kier alpha value is -2.86. The zero-order valence-corrected chi connectivity index (χ0v) is 22.3. The number of likely N-dealkylation sites (tertiary alicyclic amines) is 1. The standard InChI is InChI=1S/C27H32FN7O2S/c1-37-24-7-5-21-25(33-24)19(20(28)11-30-21)8-10-34-12-17-3-2-9-27(17,15-34)16-35(29)13-18-4-6-22-26(31-18)32-23(36)14-38-22/h4-7,11,17H,2-3,8-10,12-16,29H2,1H3,(H,31,32,36). The number of amides is 1. The smallest absolute Gasteiger partial charge is 0.235 e. The highest BCUT2D eigenvalue weighted by molar-refractivity contribution is 8.00. The van der Waals surface area contributed by atoms with Gasteiger partial charge in [0.1, 0.15) is 11.6 Å². The van der Waals surface area contributed by atoms with Gasteiger partial charge in [-0.05, 0) is 43.4 Å². The molecule has 2 fully saturated rings. The number of hydrazine groups is 1. The Morgan fingerprint density at radius 3 is 3.08 bits per heavy atom. The van der Waals surface area contributed by atoms with Gasteiger partial charge in [0.05, 0.1) is 47.2 Å². The third kappa shape index (κ3) is 4.95. The molecule has 3 aliphatic rings. The summed E-state index contributed by atoms with van der Waals surface area (Å²) < 4.78 is 20.1. The first kappa shape index (κ1) is 25.4. The van der Waals surface area contributed by atoms with E-state index in [0.717, 1.165) is 43.2 Å². The van der Waals surface area contributed by atoms with Gasteiger partial charge in [-0.15, -0.1) is 11.8 Å². The molecular weight excluding hydrogens is 505 g/mol. The quantitative estimate of drug-likeness (QED) is 0.331. The van der Waals surface area contributed by atoms with E-state index in [9.17, 15) is 9.18 Å². The average molecular weight is 538 g/mol. The van der Waals surface area contributed by atoms with Gasteiger partial charge >= 0.3 is 0 Å². The summed E-state index contributed by atoms with van der Waals surface area (Å²) in [6, 6.07) is 7.57. The number of fused-ring (bicyclic) bond motifs is 3. The van der Waals surface area contributed by atoms with Crippen molar-refractivity contribution in [1.29, 1.82) is 0 Å². The van der Waals surface area contributed by atoms with Crippen LogP contribution in [0.1, 0.15) is 30.5 Å². The molecule has 38 heavy (non-hydrogen) atoms. The van der Waals surface area contributed by atoms with E-state index in [1.165, 1.54) is 30.8 Å². The lowest BCUT2D eigenvalue weighted by Gasteiger charge is -2.33. The number of nitrogens with two attached hydrogens (primary N) is 1. The monoisotopic (exact) mass is 537 g/mol. The molecule has 5 heterocycles. The maximum absolute atomic E-state index is 14.8. The lowest BCUT2D eigenvalue weighted by atomic mass is 9.80. The van der Waals surface area contributed by atoms with E-state index in [-0.39, 0.29) is 17.1 Å². The highest BCUT2D eigenvalue weighted by Gasteiger charge is 2.49. The lowest BCUT2D eigenvalue weighted by Crippen LogP contribution is -2.44. The summed E-state index contributed by atoms with van der Waals surface area (Å²) in [4.78, 5) is 28.5. The van der Waals surface area contributed by atoms with Crippen molar-refractivity contribution >= 4 is 34.5 Å². The van der Waals surface area contributed by atoms with Crippen LogP contribution in [0.15, 0.2) is 35.4 Å². The Kier molecular flexibility index (Phi) is 6.93. The largest absolute Gasteiger partial charge is 0.481 e. The molecule has 2 unspecified atom stereocenters. The number of carbonyl (C=O) groups is 1. The van der Waals surface area contributed by atoms with Crippen LogP contribution in [0.3, 0.4) is 0 Å². The lowest BCUT2D eigenvalue weighted by molar-refractivity contribution is -0.113. The molecule has 1 amide bonds. The Labute approximate surface area is 225 Å². The molecule has 0 radical (unpaired) electrons. The van der Waals surface area contributed by atoms with E-state index < -0.39 is 0 Å². The van der Waals surface area contributed by atoms with Crippen LogP contribution < -0.4 is 15.9 Å². The molecule has 3 aromatic rings. The molecule has 1 saturated carbocycles. The number of nitrogens with zero attached hydrogens (tertiary/aromatic N) is 5. The van der Waals surface area contributed by atoms with Gasteiger partial charge in [-0.25, -0.2) is 19.4 Å². The zero-order valence-electron chi connectivity index (χ0n) is 21.5. The summed E-state index contributed by atoms with van der Waals surface area (Å²) in [5, 5.41) is 4.73. The first-order chi connectivity index (χ1) is 18.4. The molecule has 0 bridgehead atoms. The molecule has 2 atom stereocenters. The Morgan fingerprint density at radius 1 is 1.32 bits per heavy atom. The zero-order chi connectivity index (χ0) is 26.3. The first-order valence-corrected chi connectivity index (χ1v) is 14.0. The molecule has 6 rings (SSSR count). The fraction of sp³-hybridized carbons (Fsp3) is 0.481. The van der Waals surface area contributed by atoms with Gasteiger partial charge in [0.25, 0.3) is 0 Å². The van der Waals surface area contributed by atoms with E-state index in [4.69, 9.17) is 10.6 Å². The first-order valence-electron chi connectivity index (χ1n) is 13.1. The maximum Gasteiger partial charge on any atom is 0.235 e. The topological polar surface area (TPSA) is 110 Å². The molecule has 1 saturated heterocycles. The van der Waals surface area contributed by atoms with Gasteiger partial charge in [0.2, 0.25) is 11.8 Å². The van der Waals surface area contributed by atoms with E-state index in [2.05, 4.69) is 25.2 Å². The van der Waals surface area contributed by atoms with Crippen LogP contribution in [0.4, 0.5) is 10.2 Å². The van der Waals surface area contributed by atoms with Crippen LogP contribution in [0.2, 0.25) is 0 Å². The van der Waals surface area contributed by atoms with Crippen LogP contribution in [-0.4, -0.2) is 69.8 Å².